The van der Waals surface area contributed by atoms with Crippen molar-refractivity contribution in [3.05, 3.63) is 23.8 Å². The molecule has 0 unspecified atom stereocenters. The summed E-state index contributed by atoms with van der Waals surface area (Å²) >= 11 is 0. The van der Waals surface area contributed by atoms with E-state index in [1.54, 1.807) is 0 Å². The van der Waals surface area contributed by atoms with Crippen molar-refractivity contribution in [1.29, 1.82) is 0 Å². The van der Waals surface area contributed by atoms with E-state index in [-0.39, 0.29) is 28.6 Å². The first kappa shape index (κ1) is 43.6. The van der Waals surface area contributed by atoms with Gasteiger partial charge < -0.3 is 59.8 Å². The van der Waals surface area contributed by atoms with Crippen LogP contribution in [-0.2, 0) is 18.9 Å². The van der Waals surface area contributed by atoms with Crippen LogP contribution in [0.2, 0.25) is 0 Å². The van der Waals surface area contributed by atoms with Crippen LogP contribution < -0.4 is 0 Å². The number of fused-ring (bicyclic) bond motifs is 5. The summed E-state index contributed by atoms with van der Waals surface area (Å²) in [5, 5.41) is 88.6. The Morgan fingerprint density at radius 1 is 0.800 bits per heavy atom. The van der Waals surface area contributed by atoms with Crippen LogP contribution >= 0.6 is 0 Å². The van der Waals surface area contributed by atoms with Gasteiger partial charge in [-0.15, -0.1) is 0 Å². The molecule has 0 aromatic carbocycles. The third-order valence-corrected chi connectivity index (χ3v) is 16.9. The van der Waals surface area contributed by atoms with Gasteiger partial charge in [0.15, 0.2) is 12.6 Å². The van der Waals surface area contributed by atoms with Crippen molar-refractivity contribution in [2.24, 2.45) is 44.8 Å². The second kappa shape index (κ2) is 15.2. The van der Waals surface area contributed by atoms with Crippen LogP contribution in [0.15, 0.2) is 23.8 Å². The molecule has 0 radical (unpaired) electrons. The van der Waals surface area contributed by atoms with Crippen molar-refractivity contribution >= 4 is 0 Å². The first-order chi connectivity index (χ1) is 25.5. The molecule has 0 amide bonds. The largest absolute Gasteiger partial charge is 0.394 e. The van der Waals surface area contributed by atoms with Crippen molar-refractivity contribution in [2.45, 2.75) is 193 Å². The molecular weight excluding hydrogens is 708 g/mol. The highest BCUT2D eigenvalue weighted by Gasteiger charge is 2.76. The van der Waals surface area contributed by atoms with Gasteiger partial charge in [-0.05, 0) is 112 Å². The van der Waals surface area contributed by atoms with Gasteiger partial charge in [-0.2, -0.15) is 0 Å². The lowest BCUT2D eigenvalue weighted by atomic mass is 9.32. The molecule has 6 fully saturated rings. The number of aliphatic hydroxyl groups is 8. The Morgan fingerprint density at radius 2 is 1.47 bits per heavy atom. The molecule has 8 N–H and O–H groups in total. The number of allylic oxidation sites excluding steroid dienone is 3. The molecule has 12 heteroatoms. The summed E-state index contributed by atoms with van der Waals surface area (Å²) in [5.74, 6) is -0.0306. The summed E-state index contributed by atoms with van der Waals surface area (Å²) in [6, 6.07) is 0. The molecule has 2 aliphatic heterocycles. The van der Waals surface area contributed by atoms with E-state index in [0.29, 0.717) is 25.7 Å². The minimum atomic E-state index is -1.69. The molecule has 2 saturated heterocycles. The van der Waals surface area contributed by atoms with E-state index in [9.17, 15) is 40.9 Å². The minimum absolute atomic E-state index is 0.0829. The fraction of sp³-hybridized carbons (Fsp3) is 0.907. The van der Waals surface area contributed by atoms with Gasteiger partial charge in [-0.1, -0.05) is 65.3 Å². The third-order valence-electron chi connectivity index (χ3n) is 16.9. The Kier molecular flexibility index (Phi) is 12.1. The molecule has 0 bridgehead atoms. The van der Waals surface area contributed by atoms with Gasteiger partial charge in [0, 0.05) is 5.41 Å². The minimum Gasteiger partial charge on any atom is -0.394 e. The van der Waals surface area contributed by atoms with Crippen LogP contribution in [-0.4, -0.2) is 127 Å². The molecule has 6 rings (SSSR count). The van der Waals surface area contributed by atoms with Gasteiger partial charge in [0.2, 0.25) is 0 Å². The summed E-state index contributed by atoms with van der Waals surface area (Å²) in [7, 11) is 0. The van der Waals surface area contributed by atoms with Crippen LogP contribution in [0.25, 0.3) is 0 Å². The normalized spacial score (nSPS) is 53.5. The van der Waals surface area contributed by atoms with Gasteiger partial charge in [0.25, 0.3) is 0 Å². The van der Waals surface area contributed by atoms with Gasteiger partial charge >= 0.3 is 0 Å². The summed E-state index contributed by atoms with van der Waals surface area (Å²) in [6.07, 6.45) is -7.80. The first-order valence-electron chi connectivity index (χ1n) is 20.8. The van der Waals surface area contributed by atoms with Gasteiger partial charge in [0.1, 0.15) is 42.7 Å². The lowest BCUT2D eigenvalue weighted by Gasteiger charge is -2.74. The number of hydrogen-bond donors (Lipinski definition) is 8. The lowest BCUT2D eigenvalue weighted by Crippen LogP contribution is -2.72. The molecule has 55 heavy (non-hydrogen) atoms. The van der Waals surface area contributed by atoms with Crippen molar-refractivity contribution in [2.75, 3.05) is 6.61 Å². The SMILES string of the molecule is C=C(CCC=C(C)C)[C@H]1CC[C@]2(C)[C@]1(C)[C@H](O)C[C@@H]1[C@@]3(C)CC[C@H](O)C(C)(C)[C@@H]3[C@@H](O[C@@H]3O[C@H](CO)[C@@H](O)[C@H](O)[C@H]3O[C@H]3O[C@@H](C)[C@H](O)[C@@H](O)[C@@H]3O)C[C@]12C. The molecule has 4 saturated carbocycles. The van der Waals surface area contributed by atoms with Gasteiger partial charge in [-0.25, -0.2) is 0 Å². The smallest absolute Gasteiger partial charge is 0.187 e. The molecule has 6 aliphatic rings. The highest BCUT2D eigenvalue weighted by Crippen LogP contribution is 2.79. The van der Waals surface area contributed by atoms with Crippen LogP contribution in [0.5, 0.6) is 0 Å². The van der Waals surface area contributed by atoms with Crippen LogP contribution in [0, 0.1) is 44.8 Å². The standard InChI is InChI=1S/C43H72O12/c1-21(2)12-11-13-22(3)24-14-17-42(9)41(8)19-25(36-39(5,6)28(45)15-16-40(36,7)27(41)18-29(46)43(24,42)10)53-38-35(33(50)31(48)26(20-44)54-38)55-37-34(51)32(49)30(47)23(4)52-37/h12,23-38,44-51H,3,11,13-20H2,1-2,4-10H3/t23-,24+,25-,26+,27+,28-,29+,30-,31+,32+,33-,34-,35+,36-,37+,38+,40+,41+,42-,43-/m0/s1. The summed E-state index contributed by atoms with van der Waals surface area (Å²) in [5.41, 5.74) is 0.225. The molecule has 0 spiro atoms. The molecule has 20 atom stereocenters. The maximum Gasteiger partial charge on any atom is 0.187 e. The van der Waals surface area contributed by atoms with Crippen molar-refractivity contribution in [3.8, 4) is 0 Å². The number of rotatable bonds is 9. The van der Waals surface area contributed by atoms with Crippen molar-refractivity contribution in [3.63, 3.8) is 0 Å². The van der Waals surface area contributed by atoms with Gasteiger partial charge in [-0.3, -0.25) is 0 Å². The molecule has 2 heterocycles. The zero-order valence-corrected chi connectivity index (χ0v) is 34.6. The van der Waals surface area contributed by atoms with Crippen molar-refractivity contribution < 1.29 is 59.8 Å². The number of aliphatic hydroxyl groups excluding tert-OH is 8. The highest BCUT2D eigenvalue weighted by atomic mass is 16.8. The van der Waals surface area contributed by atoms with Crippen LogP contribution in [0.3, 0.4) is 0 Å². The number of hydrogen-bond acceptors (Lipinski definition) is 12. The van der Waals surface area contributed by atoms with Crippen LogP contribution in [0.1, 0.15) is 114 Å². The Bertz CT molecular complexity index is 1430. The summed E-state index contributed by atoms with van der Waals surface area (Å²) in [4.78, 5) is 0. The summed E-state index contributed by atoms with van der Waals surface area (Å²) < 4.78 is 25.2. The van der Waals surface area contributed by atoms with E-state index in [4.69, 9.17) is 18.9 Å². The average molecular weight is 781 g/mol. The highest BCUT2D eigenvalue weighted by molar-refractivity contribution is 5.27. The fourth-order valence-corrected chi connectivity index (χ4v) is 13.5. The molecular formula is C43H72O12. The Balaban J connectivity index is 1.40. The van der Waals surface area contributed by atoms with E-state index in [0.717, 1.165) is 25.7 Å². The topological polar surface area (TPSA) is 199 Å². The maximum absolute atomic E-state index is 12.5. The average Bonchev–Trinajstić information content (AvgIpc) is 3.41. The van der Waals surface area contributed by atoms with Gasteiger partial charge in [0.05, 0.1) is 31.0 Å². The maximum atomic E-state index is 12.5. The zero-order valence-electron chi connectivity index (χ0n) is 34.6. The third kappa shape index (κ3) is 6.65. The van der Waals surface area contributed by atoms with E-state index in [2.05, 4.69) is 68.0 Å². The first-order valence-corrected chi connectivity index (χ1v) is 20.8. The Hall–Kier alpha value is -1.00. The second-order valence-corrected chi connectivity index (χ2v) is 20.1. The molecule has 0 aromatic heterocycles. The quantitative estimate of drug-likeness (QED) is 0.126. The van der Waals surface area contributed by atoms with E-state index in [1.165, 1.54) is 18.1 Å². The second-order valence-electron chi connectivity index (χ2n) is 20.1. The molecule has 316 valence electrons. The summed E-state index contributed by atoms with van der Waals surface area (Å²) in [6.45, 7) is 23.1. The monoisotopic (exact) mass is 781 g/mol. The predicted octanol–water partition coefficient (Wildman–Crippen LogP) is 3.34. The van der Waals surface area contributed by atoms with E-state index < -0.39 is 103 Å². The van der Waals surface area contributed by atoms with E-state index in [1.807, 2.05) is 0 Å². The zero-order chi connectivity index (χ0) is 40.8. The van der Waals surface area contributed by atoms with Crippen LogP contribution in [0.4, 0.5) is 0 Å². The molecule has 0 aromatic rings. The molecule has 4 aliphatic carbocycles. The lowest BCUT2D eigenvalue weighted by molar-refractivity contribution is -0.383. The Labute approximate surface area is 327 Å². The molecule has 12 nitrogen and oxygen atoms in total. The number of ether oxygens (including phenoxy) is 4. The Morgan fingerprint density at radius 3 is 2.11 bits per heavy atom. The fourth-order valence-electron chi connectivity index (χ4n) is 13.5. The van der Waals surface area contributed by atoms with E-state index >= 15 is 0 Å². The van der Waals surface area contributed by atoms with Crippen molar-refractivity contribution in [1.82, 2.24) is 0 Å². The predicted molar refractivity (Wildman–Crippen MR) is 204 cm³/mol.